The largest absolute Gasteiger partial charge is 0.284 e. The molecule has 0 radical (unpaired) electrons. The average molecular weight is 265 g/mol. The van der Waals surface area contributed by atoms with Crippen molar-refractivity contribution >= 4 is 17.5 Å². The molecule has 96 valence electrons. The molecule has 0 atom stereocenters. The highest BCUT2D eigenvalue weighted by molar-refractivity contribution is 6.30. The summed E-state index contributed by atoms with van der Waals surface area (Å²) in [7, 11) is 0. The van der Waals surface area contributed by atoms with E-state index in [0.29, 0.717) is 10.6 Å². The van der Waals surface area contributed by atoms with Crippen LogP contribution in [0.1, 0.15) is 30.1 Å². The second-order valence-electron chi connectivity index (χ2n) is 4.36. The van der Waals surface area contributed by atoms with Crippen LogP contribution < -0.4 is 5.43 Å². The Morgan fingerprint density at radius 3 is 2.67 bits per heavy atom. The maximum absolute atomic E-state index is 12.0. The van der Waals surface area contributed by atoms with Crippen LogP contribution in [0, 0.1) is 0 Å². The van der Waals surface area contributed by atoms with Crippen LogP contribution in [0.3, 0.4) is 0 Å². The molecule has 0 unspecified atom stereocenters. The van der Waals surface area contributed by atoms with E-state index >= 15 is 0 Å². The molecule has 3 nitrogen and oxygen atoms in total. The minimum Gasteiger partial charge on any atom is -0.284 e. The van der Waals surface area contributed by atoms with E-state index in [9.17, 15) is 4.79 Å². The van der Waals surface area contributed by atoms with Gasteiger partial charge < -0.3 is 0 Å². The Morgan fingerprint density at radius 2 is 2.11 bits per heavy atom. The number of hydrogen-bond donors (Lipinski definition) is 1. The third-order valence-corrected chi connectivity index (χ3v) is 3.38. The van der Waals surface area contributed by atoms with Gasteiger partial charge in [0, 0.05) is 23.7 Å². The number of halogens is 1. The van der Waals surface area contributed by atoms with Gasteiger partial charge in [-0.05, 0) is 37.1 Å². The van der Waals surface area contributed by atoms with Crippen molar-refractivity contribution < 1.29 is 4.79 Å². The van der Waals surface area contributed by atoms with Gasteiger partial charge in [0.25, 0.3) is 5.91 Å². The first kappa shape index (κ1) is 13.1. The first-order valence-electron chi connectivity index (χ1n) is 6.18. The van der Waals surface area contributed by atoms with E-state index < -0.39 is 0 Å². The molecule has 0 aromatic heterocycles. The lowest BCUT2D eigenvalue weighted by atomic mass is 10.1. The van der Waals surface area contributed by atoms with Crippen molar-refractivity contribution in [1.82, 2.24) is 10.4 Å². The fraction of sp³-hybridized carbons (Fsp3) is 0.357. The summed E-state index contributed by atoms with van der Waals surface area (Å²) in [6.45, 7) is 3.81. The first-order valence-corrected chi connectivity index (χ1v) is 6.56. The van der Waals surface area contributed by atoms with Crippen molar-refractivity contribution in [3.63, 3.8) is 0 Å². The van der Waals surface area contributed by atoms with Crippen LogP contribution in [0.25, 0.3) is 0 Å². The third-order valence-electron chi connectivity index (χ3n) is 3.12. The summed E-state index contributed by atoms with van der Waals surface area (Å²) in [4.78, 5) is 12.0. The van der Waals surface area contributed by atoms with Gasteiger partial charge in [0.1, 0.15) is 0 Å². The second kappa shape index (κ2) is 6.03. The van der Waals surface area contributed by atoms with Crippen molar-refractivity contribution in [3.8, 4) is 0 Å². The van der Waals surface area contributed by atoms with Crippen LogP contribution in [0.15, 0.2) is 35.9 Å². The molecule has 1 aliphatic rings. The molecule has 2 rings (SSSR count). The lowest BCUT2D eigenvalue weighted by Crippen LogP contribution is -2.44. The predicted octanol–water partition coefficient (Wildman–Crippen LogP) is 3.03. The molecule has 0 saturated heterocycles. The highest BCUT2D eigenvalue weighted by Gasteiger charge is 2.13. The predicted molar refractivity (Wildman–Crippen MR) is 73.5 cm³/mol. The van der Waals surface area contributed by atoms with Crippen LogP contribution >= 0.6 is 11.6 Å². The minimum atomic E-state index is -0.0833. The van der Waals surface area contributed by atoms with Crippen molar-refractivity contribution in [3.05, 3.63) is 46.5 Å². The number of hydrogen-bond acceptors (Lipinski definition) is 2. The van der Waals surface area contributed by atoms with E-state index in [1.807, 2.05) is 5.01 Å². The quantitative estimate of drug-likeness (QED) is 0.851. The SMILES string of the molecule is CCC1=CCN(NC(=O)c2ccc(Cl)cc2)CC1. The molecular weight excluding hydrogens is 248 g/mol. The molecule has 0 saturated carbocycles. The highest BCUT2D eigenvalue weighted by atomic mass is 35.5. The highest BCUT2D eigenvalue weighted by Crippen LogP contribution is 2.13. The zero-order valence-electron chi connectivity index (χ0n) is 10.4. The van der Waals surface area contributed by atoms with Crippen LogP contribution in [-0.4, -0.2) is 24.0 Å². The summed E-state index contributed by atoms with van der Waals surface area (Å²) in [6.07, 6.45) is 4.31. The Bertz CT molecular complexity index is 453. The van der Waals surface area contributed by atoms with Gasteiger partial charge in [-0.1, -0.05) is 30.2 Å². The number of rotatable bonds is 3. The van der Waals surface area contributed by atoms with Gasteiger partial charge in [-0.3, -0.25) is 10.2 Å². The van der Waals surface area contributed by atoms with Gasteiger partial charge in [-0.15, -0.1) is 0 Å². The summed E-state index contributed by atoms with van der Waals surface area (Å²) >= 11 is 5.79. The van der Waals surface area contributed by atoms with Crippen molar-refractivity contribution in [1.29, 1.82) is 0 Å². The van der Waals surface area contributed by atoms with E-state index in [4.69, 9.17) is 11.6 Å². The van der Waals surface area contributed by atoms with E-state index in [2.05, 4.69) is 18.4 Å². The Kier molecular flexibility index (Phi) is 4.39. The summed E-state index contributed by atoms with van der Waals surface area (Å²) in [6, 6.07) is 6.91. The lowest BCUT2D eigenvalue weighted by Gasteiger charge is -2.26. The minimum absolute atomic E-state index is 0.0833. The number of amides is 1. The fourth-order valence-corrected chi connectivity index (χ4v) is 2.07. The number of nitrogens with one attached hydrogen (secondary N) is 1. The van der Waals surface area contributed by atoms with Crippen LogP contribution in [0.2, 0.25) is 5.02 Å². The molecule has 1 N–H and O–H groups in total. The third kappa shape index (κ3) is 3.34. The summed E-state index contributed by atoms with van der Waals surface area (Å²) in [5.41, 5.74) is 5.00. The second-order valence-corrected chi connectivity index (χ2v) is 4.80. The normalized spacial score (nSPS) is 16.2. The van der Waals surface area contributed by atoms with Crippen LogP contribution in [0.4, 0.5) is 0 Å². The maximum Gasteiger partial charge on any atom is 0.265 e. The number of nitrogens with zero attached hydrogens (tertiary/aromatic N) is 1. The molecule has 1 amide bonds. The standard InChI is InChI=1S/C14H17ClN2O/c1-2-11-7-9-17(10-8-11)16-14(18)12-3-5-13(15)6-4-12/h3-7H,2,8-10H2,1H3,(H,16,18). The molecule has 1 aliphatic heterocycles. The Morgan fingerprint density at radius 1 is 1.39 bits per heavy atom. The molecule has 0 fully saturated rings. The van der Waals surface area contributed by atoms with E-state index in [0.717, 1.165) is 25.9 Å². The van der Waals surface area contributed by atoms with Gasteiger partial charge in [-0.25, -0.2) is 5.01 Å². The number of benzene rings is 1. The molecule has 0 aliphatic carbocycles. The van der Waals surface area contributed by atoms with Crippen LogP contribution in [0.5, 0.6) is 0 Å². The molecule has 0 bridgehead atoms. The smallest absolute Gasteiger partial charge is 0.265 e. The molecule has 4 heteroatoms. The summed E-state index contributed by atoms with van der Waals surface area (Å²) in [5.74, 6) is -0.0833. The van der Waals surface area contributed by atoms with Gasteiger partial charge >= 0.3 is 0 Å². The first-order chi connectivity index (χ1) is 8.69. The average Bonchev–Trinajstić information content (AvgIpc) is 2.40. The number of carbonyl (C=O) groups excluding carboxylic acids is 1. The van der Waals surface area contributed by atoms with Crippen molar-refractivity contribution in [2.24, 2.45) is 0 Å². The summed E-state index contributed by atoms with van der Waals surface area (Å²) < 4.78 is 0. The molecule has 1 heterocycles. The number of hydrazine groups is 1. The van der Waals surface area contributed by atoms with Crippen molar-refractivity contribution in [2.75, 3.05) is 13.1 Å². The molecule has 0 spiro atoms. The fourth-order valence-electron chi connectivity index (χ4n) is 1.94. The van der Waals surface area contributed by atoms with E-state index in [-0.39, 0.29) is 5.91 Å². The Hall–Kier alpha value is -1.32. The monoisotopic (exact) mass is 264 g/mol. The van der Waals surface area contributed by atoms with Gasteiger partial charge in [-0.2, -0.15) is 0 Å². The van der Waals surface area contributed by atoms with Crippen LogP contribution in [-0.2, 0) is 0 Å². The zero-order chi connectivity index (χ0) is 13.0. The van der Waals surface area contributed by atoms with Gasteiger partial charge in [0.15, 0.2) is 0 Å². The van der Waals surface area contributed by atoms with Gasteiger partial charge in [0.05, 0.1) is 0 Å². The Balaban J connectivity index is 1.92. The Labute approximate surface area is 112 Å². The van der Waals surface area contributed by atoms with Gasteiger partial charge in [0.2, 0.25) is 0 Å². The topological polar surface area (TPSA) is 32.3 Å². The molecular formula is C14H17ClN2O. The van der Waals surface area contributed by atoms with E-state index in [1.165, 1.54) is 5.57 Å². The number of carbonyl (C=O) groups is 1. The van der Waals surface area contributed by atoms with E-state index in [1.54, 1.807) is 24.3 Å². The summed E-state index contributed by atoms with van der Waals surface area (Å²) in [5, 5.41) is 2.58. The molecule has 1 aromatic rings. The zero-order valence-corrected chi connectivity index (χ0v) is 11.2. The van der Waals surface area contributed by atoms with Crippen molar-refractivity contribution in [2.45, 2.75) is 19.8 Å². The molecule has 1 aromatic carbocycles. The molecule has 18 heavy (non-hydrogen) atoms. The maximum atomic E-state index is 12.0. The lowest BCUT2D eigenvalue weighted by molar-refractivity contribution is 0.0801.